The van der Waals surface area contributed by atoms with E-state index in [1.54, 1.807) is 43.5 Å². The highest BCUT2D eigenvalue weighted by atomic mass is 16.7. The molecular formula is C19H18N2O5. The number of amides is 2. The van der Waals surface area contributed by atoms with Gasteiger partial charge in [-0.1, -0.05) is 18.2 Å². The van der Waals surface area contributed by atoms with Crippen molar-refractivity contribution in [3.05, 3.63) is 54.6 Å². The molecule has 2 heterocycles. The Labute approximate surface area is 150 Å². The molecule has 2 fully saturated rings. The predicted molar refractivity (Wildman–Crippen MR) is 93.6 cm³/mol. The Hall–Kier alpha value is -2.90. The molecule has 2 aromatic carbocycles. The number of ether oxygens (including phenoxy) is 1. The third-order valence-electron chi connectivity index (χ3n) is 4.77. The number of aliphatic hydroxyl groups is 1. The molecule has 0 aromatic heterocycles. The zero-order valence-electron chi connectivity index (χ0n) is 14.1. The third-order valence-corrected chi connectivity index (χ3v) is 4.77. The maximum Gasteiger partial charge on any atom is 0.266 e. The van der Waals surface area contributed by atoms with E-state index in [4.69, 9.17) is 9.57 Å². The average molecular weight is 354 g/mol. The van der Waals surface area contributed by atoms with Gasteiger partial charge in [-0.05, 0) is 36.4 Å². The highest BCUT2D eigenvalue weighted by Gasteiger charge is 2.59. The van der Waals surface area contributed by atoms with Gasteiger partial charge in [-0.25, -0.2) is 9.96 Å². The summed E-state index contributed by atoms with van der Waals surface area (Å²) in [7, 11) is 1.55. The lowest BCUT2D eigenvalue weighted by Gasteiger charge is -2.27. The second-order valence-corrected chi connectivity index (χ2v) is 6.17. The largest absolute Gasteiger partial charge is 0.497 e. The summed E-state index contributed by atoms with van der Waals surface area (Å²) in [5.41, 5.74) is 1.15. The molecule has 4 rings (SSSR count). The number of imide groups is 1. The number of rotatable bonds is 4. The van der Waals surface area contributed by atoms with Crippen molar-refractivity contribution in [2.75, 3.05) is 23.7 Å². The standard InChI is InChI=1S/C19H18N2O5/c1-25-14-9-7-12(8-10-14)20-18(23)16-15(11-22)21(26-17(16)19(20)24)13-5-3-2-4-6-13/h2-10,15-17,22H,11H2,1H3. The summed E-state index contributed by atoms with van der Waals surface area (Å²) in [5.74, 6) is -0.924. The summed E-state index contributed by atoms with van der Waals surface area (Å²) in [6, 6.07) is 15.2. The van der Waals surface area contributed by atoms with E-state index >= 15 is 0 Å². The number of para-hydroxylation sites is 1. The summed E-state index contributed by atoms with van der Waals surface area (Å²) in [4.78, 5) is 32.7. The van der Waals surface area contributed by atoms with Gasteiger partial charge < -0.3 is 9.84 Å². The first kappa shape index (κ1) is 16.6. The van der Waals surface area contributed by atoms with Gasteiger partial charge in [-0.3, -0.25) is 14.4 Å². The molecule has 0 bridgehead atoms. The molecule has 2 saturated heterocycles. The number of hydroxylamine groups is 1. The summed E-state index contributed by atoms with van der Waals surface area (Å²) < 4.78 is 5.10. The van der Waals surface area contributed by atoms with Crippen molar-refractivity contribution in [3.8, 4) is 5.75 Å². The predicted octanol–water partition coefficient (Wildman–Crippen LogP) is 1.37. The highest BCUT2D eigenvalue weighted by Crippen LogP contribution is 2.40. The number of hydrogen-bond acceptors (Lipinski definition) is 6. The van der Waals surface area contributed by atoms with Crippen LogP contribution in [0.25, 0.3) is 0 Å². The molecule has 134 valence electrons. The summed E-state index contributed by atoms with van der Waals surface area (Å²) >= 11 is 0. The van der Waals surface area contributed by atoms with E-state index in [1.807, 2.05) is 18.2 Å². The zero-order valence-corrected chi connectivity index (χ0v) is 14.1. The molecule has 3 atom stereocenters. The van der Waals surface area contributed by atoms with E-state index in [9.17, 15) is 14.7 Å². The smallest absolute Gasteiger partial charge is 0.266 e. The van der Waals surface area contributed by atoms with Crippen LogP contribution < -0.4 is 14.7 Å². The van der Waals surface area contributed by atoms with Gasteiger partial charge in [0.25, 0.3) is 5.91 Å². The fraction of sp³-hybridized carbons (Fsp3) is 0.263. The van der Waals surface area contributed by atoms with Gasteiger partial charge in [0.05, 0.1) is 31.1 Å². The Morgan fingerprint density at radius 3 is 2.31 bits per heavy atom. The first-order chi connectivity index (χ1) is 12.7. The van der Waals surface area contributed by atoms with Crippen LogP contribution in [0.5, 0.6) is 5.75 Å². The van der Waals surface area contributed by atoms with Gasteiger partial charge >= 0.3 is 0 Å². The van der Waals surface area contributed by atoms with Crippen LogP contribution in [0.2, 0.25) is 0 Å². The number of fused-ring (bicyclic) bond motifs is 1. The molecule has 2 amide bonds. The zero-order chi connectivity index (χ0) is 18.3. The minimum absolute atomic E-state index is 0.300. The van der Waals surface area contributed by atoms with Crippen molar-refractivity contribution in [3.63, 3.8) is 0 Å². The topological polar surface area (TPSA) is 79.3 Å². The van der Waals surface area contributed by atoms with Crippen molar-refractivity contribution in [2.24, 2.45) is 5.92 Å². The number of nitrogens with zero attached hydrogens (tertiary/aromatic N) is 2. The molecule has 26 heavy (non-hydrogen) atoms. The number of hydrogen-bond donors (Lipinski definition) is 1. The minimum atomic E-state index is -0.943. The molecule has 0 spiro atoms. The molecule has 2 aliphatic heterocycles. The molecule has 7 nitrogen and oxygen atoms in total. The van der Waals surface area contributed by atoms with Crippen LogP contribution in [0.3, 0.4) is 0 Å². The van der Waals surface area contributed by atoms with Gasteiger partial charge in [0.1, 0.15) is 11.7 Å². The van der Waals surface area contributed by atoms with Crippen molar-refractivity contribution < 1.29 is 24.3 Å². The van der Waals surface area contributed by atoms with Crippen LogP contribution in [0.1, 0.15) is 0 Å². The van der Waals surface area contributed by atoms with Crippen LogP contribution >= 0.6 is 0 Å². The number of methoxy groups -OCH3 is 1. The van der Waals surface area contributed by atoms with E-state index < -0.39 is 24.0 Å². The molecule has 1 N–H and O–H groups in total. The second-order valence-electron chi connectivity index (χ2n) is 6.17. The highest BCUT2D eigenvalue weighted by molar-refractivity contribution is 6.23. The summed E-state index contributed by atoms with van der Waals surface area (Å²) in [6.45, 7) is -0.300. The Morgan fingerprint density at radius 1 is 1.00 bits per heavy atom. The van der Waals surface area contributed by atoms with E-state index in [-0.39, 0.29) is 12.5 Å². The molecule has 2 aromatic rings. The van der Waals surface area contributed by atoms with Gasteiger partial charge in [0.2, 0.25) is 5.91 Å². The van der Waals surface area contributed by atoms with Gasteiger partial charge in [-0.15, -0.1) is 0 Å². The maximum absolute atomic E-state index is 13.0. The van der Waals surface area contributed by atoms with Crippen molar-refractivity contribution in [2.45, 2.75) is 12.1 Å². The van der Waals surface area contributed by atoms with Crippen LogP contribution in [-0.2, 0) is 14.4 Å². The van der Waals surface area contributed by atoms with E-state index in [0.717, 1.165) is 4.90 Å². The number of carbonyl (C=O) groups is 2. The Bertz CT molecular complexity index is 824. The Balaban J connectivity index is 1.64. The lowest BCUT2D eigenvalue weighted by atomic mass is 9.97. The summed E-state index contributed by atoms with van der Waals surface area (Å²) in [6.07, 6.45) is -0.943. The fourth-order valence-electron chi connectivity index (χ4n) is 3.49. The first-order valence-electron chi connectivity index (χ1n) is 8.29. The van der Waals surface area contributed by atoms with E-state index in [2.05, 4.69) is 0 Å². The van der Waals surface area contributed by atoms with Crippen LogP contribution in [-0.4, -0.2) is 42.8 Å². The maximum atomic E-state index is 13.0. The number of aliphatic hydroxyl groups excluding tert-OH is 1. The summed E-state index contributed by atoms with van der Waals surface area (Å²) in [5, 5.41) is 11.3. The lowest BCUT2D eigenvalue weighted by Crippen LogP contribution is -2.42. The normalized spacial score (nSPS) is 24.9. The quantitative estimate of drug-likeness (QED) is 0.836. The SMILES string of the molecule is COc1ccc(N2C(=O)C3ON(c4ccccc4)C(CO)C3C2=O)cc1. The molecule has 7 heteroatoms. The lowest BCUT2D eigenvalue weighted by molar-refractivity contribution is -0.126. The average Bonchev–Trinajstić information content (AvgIpc) is 3.19. The molecular weight excluding hydrogens is 336 g/mol. The molecule has 0 radical (unpaired) electrons. The van der Waals surface area contributed by atoms with Gasteiger partial charge in [0.15, 0.2) is 6.10 Å². The minimum Gasteiger partial charge on any atom is -0.497 e. The van der Waals surface area contributed by atoms with Crippen molar-refractivity contribution in [1.82, 2.24) is 0 Å². The van der Waals surface area contributed by atoms with Crippen molar-refractivity contribution >= 4 is 23.2 Å². The fourth-order valence-corrected chi connectivity index (χ4v) is 3.49. The molecule has 3 unspecified atom stereocenters. The third kappa shape index (κ3) is 2.44. The van der Waals surface area contributed by atoms with Gasteiger partial charge in [0, 0.05) is 0 Å². The van der Waals surface area contributed by atoms with E-state index in [0.29, 0.717) is 17.1 Å². The number of carbonyl (C=O) groups excluding carboxylic acids is 2. The van der Waals surface area contributed by atoms with E-state index in [1.165, 1.54) is 5.06 Å². The van der Waals surface area contributed by atoms with Crippen LogP contribution in [0, 0.1) is 5.92 Å². The monoisotopic (exact) mass is 354 g/mol. The van der Waals surface area contributed by atoms with Crippen molar-refractivity contribution in [1.29, 1.82) is 0 Å². The molecule has 0 aliphatic carbocycles. The number of benzene rings is 2. The second kappa shape index (κ2) is 6.44. The van der Waals surface area contributed by atoms with Gasteiger partial charge in [-0.2, -0.15) is 0 Å². The van der Waals surface area contributed by atoms with Crippen LogP contribution in [0.4, 0.5) is 11.4 Å². The Morgan fingerprint density at radius 2 is 1.69 bits per heavy atom. The number of anilines is 2. The Kier molecular flexibility index (Phi) is 4.10. The molecule has 2 aliphatic rings. The van der Waals surface area contributed by atoms with Crippen LogP contribution in [0.15, 0.2) is 54.6 Å². The first-order valence-corrected chi connectivity index (χ1v) is 8.29. The molecule has 0 saturated carbocycles.